The van der Waals surface area contributed by atoms with Gasteiger partial charge in [-0.25, -0.2) is 4.98 Å². The minimum atomic E-state index is -1.04. The third kappa shape index (κ3) is 2.28. The Balaban J connectivity index is 2.91. The number of aromatic nitrogens is 1. The molecule has 0 saturated heterocycles. The van der Waals surface area contributed by atoms with E-state index in [1.165, 1.54) is 12.3 Å². The second-order valence-electron chi connectivity index (χ2n) is 2.94. The van der Waals surface area contributed by atoms with Crippen molar-refractivity contribution in [3.8, 4) is 0 Å². The molecule has 0 fully saturated rings. The Morgan fingerprint density at radius 2 is 2.07 bits per heavy atom. The maximum absolute atomic E-state index is 9.57. The number of thiol groups is 1. The summed E-state index contributed by atoms with van der Waals surface area (Å²) in [7, 11) is 0. The van der Waals surface area contributed by atoms with E-state index in [9.17, 15) is 10.2 Å². The van der Waals surface area contributed by atoms with E-state index in [-0.39, 0.29) is 17.3 Å². The lowest BCUT2D eigenvalue weighted by Crippen LogP contribution is -2.20. The van der Waals surface area contributed by atoms with E-state index in [4.69, 9.17) is 11.5 Å². The summed E-state index contributed by atoms with van der Waals surface area (Å²) in [5.41, 5.74) is 11.6. The summed E-state index contributed by atoms with van der Waals surface area (Å²) in [6.45, 7) is 0. The molecule has 0 aromatic carbocycles. The molecule has 78 valence electrons. The summed E-state index contributed by atoms with van der Waals surface area (Å²) in [4.78, 5) is 3.77. The van der Waals surface area contributed by atoms with Gasteiger partial charge >= 0.3 is 0 Å². The standard InChI is InChI=1S/C8H13N3O2S/c9-5-1-4(2-11-8(5)10)7(13)6(12)3-14/h1-2,6-7,12-14H,3,9H2,(H2,10,11). The van der Waals surface area contributed by atoms with Crippen molar-refractivity contribution in [3.63, 3.8) is 0 Å². The van der Waals surface area contributed by atoms with Gasteiger partial charge < -0.3 is 21.7 Å². The number of aliphatic hydroxyl groups is 2. The average molecular weight is 215 g/mol. The molecule has 1 aromatic heterocycles. The Hall–Kier alpha value is -0.980. The van der Waals surface area contributed by atoms with Gasteiger partial charge in [-0.2, -0.15) is 12.6 Å². The van der Waals surface area contributed by atoms with Gasteiger partial charge in [0, 0.05) is 17.5 Å². The number of nitrogens with two attached hydrogens (primary N) is 2. The van der Waals surface area contributed by atoms with Crippen molar-refractivity contribution in [2.24, 2.45) is 0 Å². The van der Waals surface area contributed by atoms with Crippen LogP contribution in [0.15, 0.2) is 12.3 Å². The van der Waals surface area contributed by atoms with Crippen LogP contribution in [-0.4, -0.2) is 27.1 Å². The largest absolute Gasteiger partial charge is 0.396 e. The van der Waals surface area contributed by atoms with Gasteiger partial charge in [0.1, 0.15) is 11.9 Å². The van der Waals surface area contributed by atoms with Crippen molar-refractivity contribution in [2.75, 3.05) is 17.2 Å². The minimum absolute atomic E-state index is 0.158. The third-order valence-electron chi connectivity index (χ3n) is 1.86. The van der Waals surface area contributed by atoms with Crippen LogP contribution < -0.4 is 11.5 Å². The maximum atomic E-state index is 9.57. The number of nitrogen functional groups attached to an aromatic ring is 2. The molecule has 0 aliphatic carbocycles. The summed E-state index contributed by atoms with van der Waals surface area (Å²) in [6.07, 6.45) is -0.603. The molecule has 0 bridgehead atoms. The fourth-order valence-electron chi connectivity index (χ4n) is 0.993. The molecule has 1 heterocycles. The molecule has 0 saturated carbocycles. The van der Waals surface area contributed by atoms with Crippen molar-refractivity contribution < 1.29 is 10.2 Å². The van der Waals surface area contributed by atoms with Crippen molar-refractivity contribution in [2.45, 2.75) is 12.2 Å². The van der Waals surface area contributed by atoms with E-state index in [0.29, 0.717) is 5.56 Å². The number of hydrogen-bond acceptors (Lipinski definition) is 6. The lowest BCUT2D eigenvalue weighted by Gasteiger charge is -2.16. The van der Waals surface area contributed by atoms with E-state index in [2.05, 4.69) is 17.6 Å². The van der Waals surface area contributed by atoms with Gasteiger partial charge in [0.15, 0.2) is 0 Å². The summed E-state index contributed by atoms with van der Waals surface area (Å²) in [5, 5.41) is 18.9. The molecular weight excluding hydrogens is 202 g/mol. The molecular formula is C8H13N3O2S. The Labute approximate surface area is 87.2 Å². The van der Waals surface area contributed by atoms with Crippen molar-refractivity contribution in [1.82, 2.24) is 4.98 Å². The second-order valence-corrected chi connectivity index (χ2v) is 3.30. The fourth-order valence-corrected chi connectivity index (χ4v) is 1.19. The molecule has 1 aromatic rings. The van der Waals surface area contributed by atoms with Crippen molar-refractivity contribution in [3.05, 3.63) is 17.8 Å². The summed E-state index contributed by atoms with van der Waals surface area (Å²) in [6, 6.07) is 1.49. The SMILES string of the molecule is Nc1cc(C(O)C(O)CS)cnc1N. The van der Waals surface area contributed by atoms with E-state index >= 15 is 0 Å². The highest BCUT2D eigenvalue weighted by Crippen LogP contribution is 2.21. The average Bonchev–Trinajstić information content (AvgIpc) is 2.20. The van der Waals surface area contributed by atoms with Gasteiger partial charge in [0.2, 0.25) is 0 Å². The molecule has 6 N–H and O–H groups in total. The Bertz CT molecular complexity index is 321. The van der Waals surface area contributed by atoms with E-state index in [0.717, 1.165) is 0 Å². The van der Waals surface area contributed by atoms with E-state index in [1.807, 2.05) is 0 Å². The quantitative estimate of drug-likeness (QED) is 0.440. The zero-order valence-corrected chi connectivity index (χ0v) is 8.35. The predicted molar refractivity (Wildman–Crippen MR) is 57.9 cm³/mol. The molecule has 0 radical (unpaired) electrons. The zero-order chi connectivity index (χ0) is 10.7. The van der Waals surface area contributed by atoms with Crippen LogP contribution in [0.2, 0.25) is 0 Å². The summed E-state index contributed by atoms with van der Waals surface area (Å²) in [5.74, 6) is 0.368. The van der Waals surface area contributed by atoms with Crippen molar-refractivity contribution in [1.29, 1.82) is 0 Å². The van der Waals surface area contributed by atoms with Crippen LogP contribution in [0.3, 0.4) is 0 Å². The normalized spacial score (nSPS) is 15.1. The van der Waals surface area contributed by atoms with Crippen LogP contribution in [0.1, 0.15) is 11.7 Å². The number of anilines is 2. The topological polar surface area (TPSA) is 105 Å². The highest BCUT2D eigenvalue weighted by atomic mass is 32.1. The first-order chi connectivity index (χ1) is 6.56. The number of pyridine rings is 1. The number of nitrogens with zero attached hydrogens (tertiary/aromatic N) is 1. The number of rotatable bonds is 3. The Morgan fingerprint density at radius 1 is 1.43 bits per heavy atom. The molecule has 14 heavy (non-hydrogen) atoms. The van der Waals surface area contributed by atoms with Crippen molar-refractivity contribution >= 4 is 24.1 Å². The third-order valence-corrected chi connectivity index (χ3v) is 2.24. The first-order valence-corrected chi connectivity index (χ1v) is 4.67. The highest BCUT2D eigenvalue weighted by molar-refractivity contribution is 7.80. The minimum Gasteiger partial charge on any atom is -0.396 e. The van der Waals surface area contributed by atoms with Gasteiger partial charge in [-0.1, -0.05) is 0 Å². The molecule has 2 unspecified atom stereocenters. The monoisotopic (exact) mass is 215 g/mol. The van der Waals surface area contributed by atoms with Gasteiger partial charge in [-0.3, -0.25) is 0 Å². The second kappa shape index (κ2) is 4.50. The lowest BCUT2D eigenvalue weighted by atomic mass is 10.1. The van der Waals surface area contributed by atoms with Gasteiger partial charge in [-0.05, 0) is 6.07 Å². The molecule has 1 rings (SSSR count). The molecule has 0 amide bonds. The van der Waals surface area contributed by atoms with Crippen LogP contribution in [0.4, 0.5) is 11.5 Å². The molecule has 0 aliphatic rings. The zero-order valence-electron chi connectivity index (χ0n) is 7.46. The smallest absolute Gasteiger partial charge is 0.146 e. The van der Waals surface area contributed by atoms with Gasteiger partial charge in [0.25, 0.3) is 0 Å². The predicted octanol–water partition coefficient (Wildman–Crippen LogP) is -0.430. The number of hydrogen-bond donors (Lipinski definition) is 5. The Morgan fingerprint density at radius 3 is 2.57 bits per heavy atom. The fraction of sp³-hybridized carbons (Fsp3) is 0.375. The highest BCUT2D eigenvalue weighted by Gasteiger charge is 2.17. The molecule has 6 heteroatoms. The Kier molecular flexibility index (Phi) is 3.56. The van der Waals surface area contributed by atoms with Crippen LogP contribution in [0.5, 0.6) is 0 Å². The van der Waals surface area contributed by atoms with E-state index < -0.39 is 12.2 Å². The van der Waals surface area contributed by atoms with Crippen LogP contribution in [0.25, 0.3) is 0 Å². The van der Waals surface area contributed by atoms with Gasteiger partial charge in [0.05, 0.1) is 11.8 Å². The van der Waals surface area contributed by atoms with E-state index in [1.54, 1.807) is 0 Å². The molecule has 0 aliphatic heterocycles. The first-order valence-electron chi connectivity index (χ1n) is 4.04. The van der Waals surface area contributed by atoms with Crippen LogP contribution >= 0.6 is 12.6 Å². The van der Waals surface area contributed by atoms with Gasteiger partial charge in [-0.15, -0.1) is 0 Å². The van der Waals surface area contributed by atoms with Crippen LogP contribution in [0, 0.1) is 0 Å². The summed E-state index contributed by atoms with van der Waals surface area (Å²) >= 11 is 3.86. The van der Waals surface area contributed by atoms with Crippen LogP contribution in [-0.2, 0) is 0 Å². The maximum Gasteiger partial charge on any atom is 0.146 e. The molecule has 2 atom stereocenters. The lowest BCUT2D eigenvalue weighted by molar-refractivity contribution is 0.0336. The molecule has 5 nitrogen and oxygen atoms in total. The first kappa shape index (κ1) is 11.1. The number of aliphatic hydroxyl groups excluding tert-OH is 2. The summed E-state index contributed by atoms with van der Waals surface area (Å²) < 4.78 is 0. The molecule has 0 spiro atoms.